The van der Waals surface area contributed by atoms with E-state index in [9.17, 15) is 5.11 Å². The minimum absolute atomic E-state index is 0.0775. The Balaban J connectivity index is 2.08. The van der Waals surface area contributed by atoms with Gasteiger partial charge in [0.2, 0.25) is 0 Å². The Labute approximate surface area is 112 Å². The monoisotopic (exact) mass is 297 g/mol. The lowest BCUT2D eigenvalue weighted by molar-refractivity contribution is 0.122. The van der Waals surface area contributed by atoms with Crippen LogP contribution in [0.3, 0.4) is 0 Å². The fraction of sp³-hybridized carbons (Fsp3) is 0.571. The zero-order valence-corrected chi connectivity index (χ0v) is 12.1. The minimum atomic E-state index is -0.0775. The Morgan fingerprint density at radius 2 is 1.88 bits per heavy atom. The van der Waals surface area contributed by atoms with Crippen molar-refractivity contribution in [3.63, 3.8) is 0 Å². The van der Waals surface area contributed by atoms with Gasteiger partial charge >= 0.3 is 0 Å². The normalized spacial score (nSPS) is 24.7. The van der Waals surface area contributed by atoms with Crippen molar-refractivity contribution in [2.45, 2.75) is 44.8 Å². The number of halogens is 1. The maximum absolute atomic E-state index is 9.54. The quantitative estimate of drug-likeness (QED) is 0.903. The second kappa shape index (κ2) is 5.40. The smallest absolute Gasteiger partial charge is 0.0541 e. The highest BCUT2D eigenvalue weighted by molar-refractivity contribution is 9.10. The van der Waals surface area contributed by atoms with Gasteiger partial charge in [-0.25, -0.2) is 0 Å². The molecule has 0 saturated heterocycles. The number of hydrogen-bond acceptors (Lipinski definition) is 2. The van der Waals surface area contributed by atoms with E-state index >= 15 is 0 Å². The first-order valence-electron chi connectivity index (χ1n) is 6.25. The van der Waals surface area contributed by atoms with E-state index in [1.165, 1.54) is 11.3 Å². The van der Waals surface area contributed by atoms with E-state index in [1.54, 1.807) is 0 Å². The molecule has 0 spiro atoms. The molecule has 0 aliphatic heterocycles. The first-order valence-corrected chi connectivity index (χ1v) is 7.04. The fourth-order valence-electron chi connectivity index (χ4n) is 2.50. The molecule has 0 heterocycles. The van der Waals surface area contributed by atoms with E-state index in [4.69, 9.17) is 0 Å². The third-order valence-corrected chi connectivity index (χ3v) is 4.65. The highest BCUT2D eigenvalue weighted by Gasteiger charge is 2.22. The highest BCUT2D eigenvalue weighted by atomic mass is 79.9. The van der Waals surface area contributed by atoms with Crippen molar-refractivity contribution >= 4 is 21.6 Å². The number of rotatable bonds is 2. The molecule has 2 nitrogen and oxygen atoms in total. The van der Waals surface area contributed by atoms with Crippen LogP contribution < -0.4 is 4.90 Å². The molecule has 0 bridgehead atoms. The van der Waals surface area contributed by atoms with Gasteiger partial charge in [0.15, 0.2) is 0 Å². The van der Waals surface area contributed by atoms with Crippen LogP contribution >= 0.6 is 15.9 Å². The third kappa shape index (κ3) is 3.02. The molecular formula is C14H20BrNO. The Morgan fingerprint density at radius 3 is 2.47 bits per heavy atom. The van der Waals surface area contributed by atoms with Crippen LogP contribution in [0.1, 0.15) is 31.2 Å². The number of anilines is 1. The summed E-state index contributed by atoms with van der Waals surface area (Å²) in [6, 6.07) is 7.05. The largest absolute Gasteiger partial charge is 0.393 e. The van der Waals surface area contributed by atoms with E-state index in [1.807, 2.05) is 0 Å². The lowest BCUT2D eigenvalue weighted by Gasteiger charge is -2.34. The van der Waals surface area contributed by atoms with Crippen LogP contribution in [0.5, 0.6) is 0 Å². The van der Waals surface area contributed by atoms with Crippen LogP contribution in [0.15, 0.2) is 22.7 Å². The van der Waals surface area contributed by atoms with Gasteiger partial charge < -0.3 is 10.0 Å². The molecule has 1 aromatic rings. The van der Waals surface area contributed by atoms with Crippen LogP contribution in [-0.4, -0.2) is 24.3 Å². The zero-order valence-electron chi connectivity index (χ0n) is 10.5. The van der Waals surface area contributed by atoms with E-state index in [0.29, 0.717) is 6.04 Å². The predicted molar refractivity (Wildman–Crippen MR) is 75.5 cm³/mol. The van der Waals surface area contributed by atoms with Gasteiger partial charge in [0.25, 0.3) is 0 Å². The standard InChI is InChI=1S/C14H20BrNO/c1-10-9-12(5-8-14(10)15)16(2)11-3-6-13(17)7-4-11/h5,8-9,11,13,17H,3-4,6-7H2,1-2H3. The van der Waals surface area contributed by atoms with Crippen molar-refractivity contribution in [1.29, 1.82) is 0 Å². The van der Waals surface area contributed by atoms with Crippen molar-refractivity contribution in [2.24, 2.45) is 0 Å². The van der Waals surface area contributed by atoms with E-state index in [0.717, 1.165) is 30.2 Å². The van der Waals surface area contributed by atoms with Gasteiger partial charge in [0.05, 0.1) is 6.10 Å². The second-order valence-electron chi connectivity index (χ2n) is 5.01. The molecule has 1 saturated carbocycles. The molecule has 1 aliphatic rings. The molecule has 0 amide bonds. The number of nitrogens with zero attached hydrogens (tertiary/aromatic N) is 1. The Kier molecular flexibility index (Phi) is 4.10. The Bertz CT molecular complexity index is 386. The summed E-state index contributed by atoms with van der Waals surface area (Å²) in [4.78, 5) is 2.35. The van der Waals surface area contributed by atoms with Crippen LogP contribution in [0.2, 0.25) is 0 Å². The molecule has 0 unspecified atom stereocenters. The molecule has 1 aromatic carbocycles. The molecule has 1 N–H and O–H groups in total. The van der Waals surface area contributed by atoms with Crippen molar-refractivity contribution in [1.82, 2.24) is 0 Å². The van der Waals surface area contributed by atoms with Gasteiger partial charge in [-0.3, -0.25) is 0 Å². The average molecular weight is 298 g/mol. The number of benzene rings is 1. The van der Waals surface area contributed by atoms with Gasteiger partial charge in [-0.15, -0.1) is 0 Å². The van der Waals surface area contributed by atoms with Crippen LogP contribution in [0.25, 0.3) is 0 Å². The molecule has 17 heavy (non-hydrogen) atoms. The van der Waals surface area contributed by atoms with Crippen molar-refractivity contribution in [3.8, 4) is 0 Å². The summed E-state index contributed by atoms with van der Waals surface area (Å²) in [6.07, 6.45) is 3.97. The summed E-state index contributed by atoms with van der Waals surface area (Å²) in [6.45, 7) is 2.12. The SMILES string of the molecule is Cc1cc(N(C)C2CCC(O)CC2)ccc1Br. The van der Waals surface area contributed by atoms with Crippen LogP contribution in [0, 0.1) is 6.92 Å². The number of aliphatic hydroxyl groups is 1. The van der Waals surface area contributed by atoms with Crippen molar-refractivity contribution in [2.75, 3.05) is 11.9 Å². The van der Waals surface area contributed by atoms with Crippen molar-refractivity contribution < 1.29 is 5.11 Å². The molecule has 2 rings (SSSR count). The van der Waals surface area contributed by atoms with E-state index in [-0.39, 0.29) is 6.10 Å². The predicted octanol–water partition coefficient (Wildman–Crippen LogP) is 3.50. The van der Waals surface area contributed by atoms with E-state index in [2.05, 4.69) is 53.0 Å². The van der Waals surface area contributed by atoms with Gasteiger partial charge in [-0.05, 0) is 56.4 Å². The number of aryl methyl sites for hydroxylation is 1. The third-order valence-electron chi connectivity index (χ3n) is 3.76. The highest BCUT2D eigenvalue weighted by Crippen LogP contribution is 2.28. The summed E-state index contributed by atoms with van der Waals surface area (Å²) in [5, 5.41) is 9.54. The van der Waals surface area contributed by atoms with Gasteiger partial charge in [0.1, 0.15) is 0 Å². The molecule has 0 atom stereocenters. The van der Waals surface area contributed by atoms with Crippen molar-refractivity contribution in [3.05, 3.63) is 28.2 Å². The summed E-state index contributed by atoms with van der Waals surface area (Å²) in [5.41, 5.74) is 2.54. The lowest BCUT2D eigenvalue weighted by Crippen LogP contribution is -2.36. The summed E-state index contributed by atoms with van der Waals surface area (Å²) in [5.74, 6) is 0. The van der Waals surface area contributed by atoms with Gasteiger partial charge in [-0.2, -0.15) is 0 Å². The first-order chi connectivity index (χ1) is 8.08. The molecule has 0 radical (unpaired) electrons. The zero-order chi connectivity index (χ0) is 12.4. The number of aliphatic hydroxyl groups excluding tert-OH is 1. The lowest BCUT2D eigenvalue weighted by atomic mass is 9.92. The molecule has 94 valence electrons. The maximum Gasteiger partial charge on any atom is 0.0541 e. The Morgan fingerprint density at radius 1 is 1.24 bits per heavy atom. The summed E-state index contributed by atoms with van der Waals surface area (Å²) in [7, 11) is 2.16. The van der Waals surface area contributed by atoms with Gasteiger partial charge in [0, 0.05) is 23.2 Å². The van der Waals surface area contributed by atoms with E-state index < -0.39 is 0 Å². The molecule has 3 heteroatoms. The molecule has 1 fully saturated rings. The number of hydrogen-bond donors (Lipinski definition) is 1. The summed E-state index contributed by atoms with van der Waals surface area (Å²) >= 11 is 3.53. The maximum atomic E-state index is 9.54. The van der Waals surface area contributed by atoms with Crippen LogP contribution in [0.4, 0.5) is 5.69 Å². The molecule has 1 aliphatic carbocycles. The topological polar surface area (TPSA) is 23.5 Å². The fourth-order valence-corrected chi connectivity index (χ4v) is 2.75. The Hall–Kier alpha value is -0.540. The first kappa shape index (κ1) is 12.9. The van der Waals surface area contributed by atoms with Crippen LogP contribution in [-0.2, 0) is 0 Å². The average Bonchev–Trinajstić information content (AvgIpc) is 2.33. The minimum Gasteiger partial charge on any atom is -0.393 e. The molecular weight excluding hydrogens is 278 g/mol. The second-order valence-corrected chi connectivity index (χ2v) is 5.86. The van der Waals surface area contributed by atoms with Gasteiger partial charge in [-0.1, -0.05) is 15.9 Å². The molecule has 0 aromatic heterocycles. The summed E-state index contributed by atoms with van der Waals surface area (Å²) < 4.78 is 1.16.